The summed E-state index contributed by atoms with van der Waals surface area (Å²) in [5.41, 5.74) is 1.76. The Bertz CT molecular complexity index is 1370. The van der Waals surface area contributed by atoms with Crippen molar-refractivity contribution in [3.8, 4) is 0 Å². The van der Waals surface area contributed by atoms with Gasteiger partial charge in [0.2, 0.25) is 0 Å². The highest BCUT2D eigenvalue weighted by atomic mass is 35.5. The molecule has 0 bridgehead atoms. The first kappa shape index (κ1) is 26.8. The van der Waals surface area contributed by atoms with E-state index in [0.717, 1.165) is 10.8 Å². The minimum atomic E-state index is -3.72. The van der Waals surface area contributed by atoms with Gasteiger partial charge in [-0.2, -0.15) is 0 Å². The van der Waals surface area contributed by atoms with Gasteiger partial charge in [0.1, 0.15) is 0 Å². The Morgan fingerprint density at radius 3 is 1.32 bits per heavy atom. The van der Waals surface area contributed by atoms with Gasteiger partial charge in [0, 0.05) is 30.9 Å². The third kappa shape index (κ3) is 7.87. The van der Waals surface area contributed by atoms with Gasteiger partial charge < -0.3 is 0 Å². The maximum Gasteiger partial charge on any atom is 0.175 e. The fourth-order valence-electron chi connectivity index (χ4n) is 3.00. The molecule has 10 heteroatoms. The molecule has 3 aromatic rings. The number of sulfone groups is 2. The van der Waals surface area contributed by atoms with Gasteiger partial charge in [-0.25, -0.2) is 16.8 Å². The molecule has 0 amide bonds. The zero-order valence-corrected chi connectivity index (χ0v) is 22.1. The molecule has 0 saturated carbocycles. The second kappa shape index (κ2) is 11.3. The van der Waals surface area contributed by atoms with E-state index in [2.05, 4.69) is 0 Å². The van der Waals surface area contributed by atoms with Gasteiger partial charge >= 0.3 is 0 Å². The predicted octanol–water partition coefficient (Wildman–Crippen LogP) is 7.47. The van der Waals surface area contributed by atoms with Gasteiger partial charge in [-0.1, -0.05) is 82.8 Å². The van der Waals surface area contributed by atoms with Gasteiger partial charge in [-0.05, 0) is 58.7 Å². The summed E-state index contributed by atoms with van der Waals surface area (Å²) in [5.74, 6) is -0.736. The van der Waals surface area contributed by atoms with Crippen LogP contribution in [0, 0.1) is 0 Å². The SMILES string of the molecule is O=S(=O)(/C=C\c1ccc(Cl)cc1Cl)Cc1ccccc1CS(=O)(=O)/C=C\c1ccc(Cl)cc1Cl. The molecule has 0 heterocycles. The van der Waals surface area contributed by atoms with Crippen LogP contribution >= 0.6 is 46.4 Å². The zero-order chi connectivity index (χ0) is 24.9. The molecule has 178 valence electrons. The van der Waals surface area contributed by atoms with E-state index < -0.39 is 19.7 Å². The lowest BCUT2D eigenvalue weighted by atomic mass is 10.1. The molecule has 4 nitrogen and oxygen atoms in total. The summed E-state index contributed by atoms with van der Waals surface area (Å²) >= 11 is 23.9. The lowest BCUT2D eigenvalue weighted by Crippen LogP contribution is -2.07. The van der Waals surface area contributed by atoms with Crippen LogP contribution in [0.4, 0.5) is 0 Å². The van der Waals surface area contributed by atoms with Crippen molar-refractivity contribution in [3.05, 3.63) is 114 Å². The van der Waals surface area contributed by atoms with E-state index in [-0.39, 0.29) is 11.5 Å². The molecular formula is C24H18Cl4O4S2. The van der Waals surface area contributed by atoms with E-state index in [9.17, 15) is 16.8 Å². The molecule has 0 unspecified atom stereocenters. The number of rotatable bonds is 8. The Hall–Kier alpha value is -1.80. The van der Waals surface area contributed by atoms with E-state index in [1.54, 1.807) is 48.5 Å². The normalized spacial score (nSPS) is 12.6. The van der Waals surface area contributed by atoms with Crippen LogP contribution in [-0.4, -0.2) is 16.8 Å². The van der Waals surface area contributed by atoms with Crippen molar-refractivity contribution >= 4 is 78.2 Å². The van der Waals surface area contributed by atoms with Crippen LogP contribution in [0.5, 0.6) is 0 Å². The summed E-state index contributed by atoms with van der Waals surface area (Å²) in [6, 6.07) is 15.9. The van der Waals surface area contributed by atoms with Crippen molar-refractivity contribution < 1.29 is 16.8 Å². The van der Waals surface area contributed by atoms with Crippen molar-refractivity contribution in [2.75, 3.05) is 0 Å². The minimum absolute atomic E-state index is 0.318. The van der Waals surface area contributed by atoms with E-state index in [1.807, 2.05) is 0 Å². The Kier molecular flexibility index (Phi) is 8.90. The smallest absolute Gasteiger partial charge is 0.175 e. The van der Waals surface area contributed by atoms with Gasteiger partial charge in [0.25, 0.3) is 0 Å². The molecule has 0 saturated heterocycles. The number of hydrogen-bond donors (Lipinski definition) is 0. The van der Waals surface area contributed by atoms with E-state index in [1.165, 1.54) is 24.3 Å². The Morgan fingerprint density at radius 2 is 0.971 bits per heavy atom. The van der Waals surface area contributed by atoms with Gasteiger partial charge in [-0.3, -0.25) is 0 Å². The minimum Gasteiger partial charge on any atom is -0.224 e. The van der Waals surface area contributed by atoms with Crippen molar-refractivity contribution in [2.24, 2.45) is 0 Å². The lowest BCUT2D eigenvalue weighted by molar-refractivity contribution is 0.600. The van der Waals surface area contributed by atoms with Gasteiger partial charge in [0.15, 0.2) is 19.7 Å². The van der Waals surface area contributed by atoms with E-state index in [0.29, 0.717) is 42.3 Å². The quantitative estimate of drug-likeness (QED) is 0.279. The van der Waals surface area contributed by atoms with Crippen LogP contribution < -0.4 is 0 Å². The molecule has 0 aromatic heterocycles. The summed E-state index contributed by atoms with van der Waals surface area (Å²) in [7, 11) is -7.44. The second-order valence-corrected chi connectivity index (χ2v) is 12.8. The first-order chi connectivity index (χ1) is 15.9. The summed E-state index contributed by atoms with van der Waals surface area (Å²) in [4.78, 5) is 0. The summed E-state index contributed by atoms with van der Waals surface area (Å²) < 4.78 is 50.8. The predicted molar refractivity (Wildman–Crippen MR) is 143 cm³/mol. The first-order valence-electron chi connectivity index (χ1n) is 9.73. The van der Waals surface area contributed by atoms with E-state index >= 15 is 0 Å². The molecule has 0 atom stereocenters. The third-order valence-electron chi connectivity index (χ3n) is 4.67. The molecule has 3 rings (SSSR count). The summed E-state index contributed by atoms with van der Waals surface area (Å²) in [6.45, 7) is 0. The van der Waals surface area contributed by atoms with Crippen LogP contribution in [0.25, 0.3) is 12.2 Å². The molecule has 3 aromatic carbocycles. The first-order valence-corrected chi connectivity index (χ1v) is 14.7. The highest BCUT2D eigenvalue weighted by Gasteiger charge is 2.16. The van der Waals surface area contributed by atoms with Crippen molar-refractivity contribution in [2.45, 2.75) is 11.5 Å². The van der Waals surface area contributed by atoms with Crippen LogP contribution in [0.15, 0.2) is 71.5 Å². The average molecular weight is 576 g/mol. The maximum atomic E-state index is 12.7. The Balaban J connectivity index is 1.79. The molecule has 0 fully saturated rings. The molecule has 0 N–H and O–H groups in total. The second-order valence-electron chi connectivity index (χ2n) is 7.32. The molecule has 0 radical (unpaired) electrons. The highest BCUT2D eigenvalue weighted by molar-refractivity contribution is 7.94. The number of hydrogen-bond acceptors (Lipinski definition) is 4. The van der Waals surface area contributed by atoms with Crippen LogP contribution in [0.3, 0.4) is 0 Å². The van der Waals surface area contributed by atoms with Crippen LogP contribution in [0.1, 0.15) is 22.3 Å². The fraction of sp³-hybridized carbons (Fsp3) is 0.0833. The van der Waals surface area contributed by atoms with Crippen LogP contribution in [0.2, 0.25) is 20.1 Å². The van der Waals surface area contributed by atoms with Crippen molar-refractivity contribution in [1.82, 2.24) is 0 Å². The molecule has 0 aliphatic carbocycles. The third-order valence-corrected chi connectivity index (χ3v) is 8.32. The molecule has 34 heavy (non-hydrogen) atoms. The highest BCUT2D eigenvalue weighted by Crippen LogP contribution is 2.25. The largest absolute Gasteiger partial charge is 0.224 e. The standard InChI is InChI=1S/C24H18Cl4O4S2/c25-21-7-5-17(23(27)13-21)9-11-33(29,30)15-19-3-1-2-4-20(19)16-34(31,32)12-10-18-6-8-22(26)14-24(18)28/h1-14H,15-16H2/b11-9-,12-10-. The fourth-order valence-corrected chi connectivity index (χ4v) is 6.27. The maximum absolute atomic E-state index is 12.7. The number of halogens is 4. The Morgan fingerprint density at radius 1 is 0.588 bits per heavy atom. The van der Waals surface area contributed by atoms with Crippen molar-refractivity contribution in [1.29, 1.82) is 0 Å². The Labute approximate surface area is 219 Å². The number of benzene rings is 3. The zero-order valence-electron chi connectivity index (χ0n) is 17.5. The van der Waals surface area contributed by atoms with E-state index in [4.69, 9.17) is 46.4 Å². The molecule has 0 aliphatic rings. The molecule has 0 aliphatic heterocycles. The molecular weight excluding hydrogens is 558 g/mol. The van der Waals surface area contributed by atoms with Gasteiger partial charge in [-0.15, -0.1) is 0 Å². The monoisotopic (exact) mass is 574 g/mol. The summed E-state index contributed by atoms with van der Waals surface area (Å²) in [6.07, 6.45) is 2.76. The average Bonchev–Trinajstić information content (AvgIpc) is 2.73. The topological polar surface area (TPSA) is 68.3 Å². The summed E-state index contributed by atoms with van der Waals surface area (Å²) in [5, 5.41) is 3.61. The van der Waals surface area contributed by atoms with Crippen molar-refractivity contribution in [3.63, 3.8) is 0 Å². The van der Waals surface area contributed by atoms with Gasteiger partial charge in [0.05, 0.1) is 11.5 Å². The van der Waals surface area contributed by atoms with Crippen LogP contribution in [-0.2, 0) is 31.2 Å². The molecule has 0 spiro atoms. The lowest BCUT2D eigenvalue weighted by Gasteiger charge is -2.08.